The van der Waals surface area contributed by atoms with Gasteiger partial charge < -0.3 is 15.7 Å². The number of amides is 2. The highest BCUT2D eigenvalue weighted by Crippen LogP contribution is 2.07. The van der Waals surface area contributed by atoms with Gasteiger partial charge in [0.05, 0.1) is 17.9 Å². The van der Waals surface area contributed by atoms with Crippen molar-refractivity contribution in [2.45, 2.75) is 19.5 Å². The number of hydrogen-bond acceptors (Lipinski definition) is 6. The lowest BCUT2D eigenvalue weighted by Gasteiger charge is -2.09. The Morgan fingerprint density at radius 3 is 3.00 bits per heavy atom. The molecule has 2 aromatic rings. The summed E-state index contributed by atoms with van der Waals surface area (Å²) in [7, 11) is 0. The number of H-pyrrole nitrogens is 1. The molecule has 2 aromatic heterocycles. The van der Waals surface area contributed by atoms with E-state index in [1.807, 2.05) is 0 Å². The van der Waals surface area contributed by atoms with E-state index in [2.05, 4.69) is 36.4 Å². The average molecular weight is 280 g/mol. The Kier molecular flexibility index (Phi) is 3.88. The zero-order chi connectivity index (χ0) is 14.5. The molecule has 2 rings (SSSR count). The molecular formula is C9H12N8O3. The molecule has 0 saturated heterocycles. The lowest BCUT2D eigenvalue weighted by molar-refractivity contribution is -0.137. The molecule has 2 amide bonds. The molecule has 1 atom stereocenters. The minimum atomic E-state index is -1.02. The Bertz CT molecular complexity index is 592. The third kappa shape index (κ3) is 3.51. The summed E-state index contributed by atoms with van der Waals surface area (Å²) in [4.78, 5) is 22.2. The van der Waals surface area contributed by atoms with Crippen LogP contribution in [0.15, 0.2) is 12.4 Å². The van der Waals surface area contributed by atoms with E-state index in [1.165, 1.54) is 17.1 Å². The number of nitrogens with zero attached hydrogens (tertiary/aromatic N) is 5. The molecule has 20 heavy (non-hydrogen) atoms. The Balaban J connectivity index is 1.88. The van der Waals surface area contributed by atoms with Crippen LogP contribution in [0.3, 0.4) is 0 Å². The zero-order valence-electron chi connectivity index (χ0n) is 10.4. The van der Waals surface area contributed by atoms with Crippen LogP contribution < -0.4 is 10.6 Å². The van der Waals surface area contributed by atoms with Gasteiger partial charge >= 0.3 is 12.0 Å². The number of hydrogen-bond donors (Lipinski definition) is 4. The molecule has 0 saturated carbocycles. The summed E-state index contributed by atoms with van der Waals surface area (Å²) in [6.07, 6.45) is 2.76. The van der Waals surface area contributed by atoms with E-state index >= 15 is 0 Å². The van der Waals surface area contributed by atoms with Gasteiger partial charge in [-0.15, -0.1) is 10.2 Å². The molecule has 11 heteroatoms. The maximum absolute atomic E-state index is 11.7. The molecule has 2 heterocycles. The van der Waals surface area contributed by atoms with Crippen LogP contribution in [-0.2, 0) is 11.3 Å². The fourth-order valence-corrected chi connectivity index (χ4v) is 1.43. The van der Waals surface area contributed by atoms with Crippen molar-refractivity contribution in [2.24, 2.45) is 0 Å². The van der Waals surface area contributed by atoms with Gasteiger partial charge in [-0.3, -0.25) is 9.48 Å². The highest BCUT2D eigenvalue weighted by molar-refractivity contribution is 5.89. The molecule has 0 aliphatic carbocycles. The lowest BCUT2D eigenvalue weighted by Crippen LogP contribution is -2.31. The summed E-state index contributed by atoms with van der Waals surface area (Å²) in [5.74, 6) is -0.670. The maximum atomic E-state index is 11.7. The van der Waals surface area contributed by atoms with Gasteiger partial charge in [0.25, 0.3) is 0 Å². The Morgan fingerprint density at radius 1 is 1.55 bits per heavy atom. The van der Waals surface area contributed by atoms with Crippen molar-refractivity contribution >= 4 is 17.7 Å². The van der Waals surface area contributed by atoms with Crippen LogP contribution in [0.5, 0.6) is 0 Å². The number of rotatable bonds is 5. The summed E-state index contributed by atoms with van der Waals surface area (Å²) in [5, 5.41) is 30.7. The second-order valence-corrected chi connectivity index (χ2v) is 3.91. The molecule has 106 valence electrons. The predicted molar refractivity (Wildman–Crippen MR) is 64.6 cm³/mol. The minimum Gasteiger partial charge on any atom is -0.480 e. The van der Waals surface area contributed by atoms with Crippen LogP contribution in [0.2, 0.25) is 0 Å². The second kappa shape index (κ2) is 5.77. The quantitative estimate of drug-likeness (QED) is 0.568. The molecule has 0 aliphatic rings. The molecule has 0 aliphatic heterocycles. The Hall–Kier alpha value is -2.98. The van der Waals surface area contributed by atoms with Crippen LogP contribution in [0.1, 0.15) is 18.8 Å². The number of carboxylic acids is 1. The fraction of sp³-hybridized carbons (Fsp3) is 0.333. The van der Waals surface area contributed by atoms with Crippen LogP contribution in [0.25, 0.3) is 0 Å². The first-order chi connectivity index (χ1) is 9.54. The van der Waals surface area contributed by atoms with Crippen molar-refractivity contribution in [2.75, 3.05) is 5.32 Å². The zero-order valence-corrected chi connectivity index (χ0v) is 10.4. The number of aromatic amines is 1. The van der Waals surface area contributed by atoms with E-state index in [0.717, 1.165) is 0 Å². The molecule has 1 unspecified atom stereocenters. The van der Waals surface area contributed by atoms with Crippen molar-refractivity contribution in [3.05, 3.63) is 18.2 Å². The molecule has 0 fully saturated rings. The lowest BCUT2D eigenvalue weighted by atomic mass is 10.3. The van der Waals surface area contributed by atoms with Gasteiger partial charge in [-0.2, -0.15) is 10.3 Å². The summed E-state index contributed by atoms with van der Waals surface area (Å²) < 4.78 is 1.20. The first kappa shape index (κ1) is 13.5. The molecule has 0 aromatic carbocycles. The third-order valence-electron chi connectivity index (χ3n) is 2.28. The van der Waals surface area contributed by atoms with Crippen LogP contribution in [0, 0.1) is 0 Å². The largest absolute Gasteiger partial charge is 0.480 e. The number of carbonyl (C=O) groups excluding carboxylic acids is 1. The van der Waals surface area contributed by atoms with Crippen molar-refractivity contribution in [3.63, 3.8) is 0 Å². The van der Waals surface area contributed by atoms with Gasteiger partial charge in [0.1, 0.15) is 6.54 Å². The summed E-state index contributed by atoms with van der Waals surface area (Å²) in [5.41, 5.74) is 0.379. The maximum Gasteiger partial charge on any atom is 0.325 e. The molecule has 4 N–H and O–H groups in total. The number of nitrogens with one attached hydrogen (secondary N) is 3. The van der Waals surface area contributed by atoms with E-state index in [9.17, 15) is 9.59 Å². The van der Waals surface area contributed by atoms with Crippen LogP contribution >= 0.6 is 0 Å². The van der Waals surface area contributed by atoms with Gasteiger partial charge in [0, 0.05) is 6.20 Å². The molecule has 0 radical (unpaired) electrons. The average Bonchev–Trinajstić information content (AvgIpc) is 2.99. The molecule has 0 bridgehead atoms. The van der Waals surface area contributed by atoms with Crippen molar-refractivity contribution in [3.8, 4) is 0 Å². The highest BCUT2D eigenvalue weighted by atomic mass is 16.4. The monoisotopic (exact) mass is 280 g/mol. The summed E-state index contributed by atoms with van der Waals surface area (Å²) >= 11 is 0. The topological polar surface area (TPSA) is 151 Å². The number of carbonyl (C=O) groups is 2. The Morgan fingerprint density at radius 2 is 2.35 bits per heavy atom. The standard InChI is InChI=1S/C9H12N8O3/c1-5(8-13-15-16-14-8)11-9(20)12-6-2-10-17(3-6)4-7(18)19/h2-3,5H,4H2,1H3,(H,18,19)(H2,11,12,20)(H,13,14,15,16). The van der Waals surface area contributed by atoms with Crippen LogP contribution in [0.4, 0.5) is 10.5 Å². The first-order valence-corrected chi connectivity index (χ1v) is 5.59. The van der Waals surface area contributed by atoms with E-state index in [1.54, 1.807) is 6.92 Å². The number of urea groups is 1. The first-order valence-electron chi connectivity index (χ1n) is 5.59. The van der Waals surface area contributed by atoms with Crippen molar-refractivity contribution in [1.82, 2.24) is 35.7 Å². The Labute approximate surface area is 112 Å². The van der Waals surface area contributed by atoms with Gasteiger partial charge in [-0.05, 0) is 6.92 Å². The number of anilines is 1. The summed E-state index contributed by atoms with van der Waals surface area (Å²) in [6, 6.07) is -0.917. The number of carboxylic acid groups (broad SMARTS) is 1. The fourth-order valence-electron chi connectivity index (χ4n) is 1.43. The number of tetrazole rings is 1. The van der Waals surface area contributed by atoms with Gasteiger partial charge in [0.2, 0.25) is 0 Å². The minimum absolute atomic E-state index is 0.275. The summed E-state index contributed by atoms with van der Waals surface area (Å²) in [6.45, 7) is 1.42. The number of aromatic nitrogens is 6. The van der Waals surface area contributed by atoms with E-state index in [-0.39, 0.29) is 6.54 Å². The van der Waals surface area contributed by atoms with E-state index < -0.39 is 18.0 Å². The predicted octanol–water partition coefficient (Wildman–Crippen LogP) is -0.636. The SMILES string of the molecule is CC(NC(=O)Nc1cnn(CC(=O)O)c1)c1nn[nH]n1. The van der Waals surface area contributed by atoms with Crippen molar-refractivity contribution in [1.29, 1.82) is 0 Å². The van der Waals surface area contributed by atoms with Crippen molar-refractivity contribution < 1.29 is 14.7 Å². The van der Waals surface area contributed by atoms with E-state index in [4.69, 9.17) is 5.11 Å². The normalized spacial score (nSPS) is 11.8. The molecular weight excluding hydrogens is 268 g/mol. The van der Waals surface area contributed by atoms with Gasteiger partial charge in [-0.25, -0.2) is 4.79 Å². The van der Waals surface area contributed by atoms with Crippen LogP contribution in [-0.4, -0.2) is 47.5 Å². The molecule has 11 nitrogen and oxygen atoms in total. The van der Waals surface area contributed by atoms with Gasteiger partial charge in [0.15, 0.2) is 5.82 Å². The highest BCUT2D eigenvalue weighted by Gasteiger charge is 2.14. The number of aliphatic carboxylic acids is 1. The molecule has 0 spiro atoms. The third-order valence-corrected chi connectivity index (χ3v) is 2.28. The smallest absolute Gasteiger partial charge is 0.325 e. The second-order valence-electron chi connectivity index (χ2n) is 3.91. The van der Waals surface area contributed by atoms with E-state index in [0.29, 0.717) is 11.5 Å². The van der Waals surface area contributed by atoms with Gasteiger partial charge in [-0.1, -0.05) is 5.21 Å².